The van der Waals surface area contributed by atoms with Gasteiger partial charge in [0.15, 0.2) is 0 Å². The molecule has 0 saturated heterocycles. The van der Waals surface area contributed by atoms with Crippen LogP contribution in [0.15, 0.2) is 12.4 Å². The summed E-state index contributed by atoms with van der Waals surface area (Å²) >= 11 is 0. The van der Waals surface area contributed by atoms with E-state index in [1.807, 2.05) is 17.9 Å². The zero-order valence-electron chi connectivity index (χ0n) is 10.6. The van der Waals surface area contributed by atoms with Crippen molar-refractivity contribution >= 4 is 0 Å². The fourth-order valence-corrected chi connectivity index (χ4v) is 2.54. The molecule has 3 heteroatoms. The highest BCUT2D eigenvalue weighted by atomic mass is 15.2. The Bertz CT molecular complexity index is 328. The summed E-state index contributed by atoms with van der Waals surface area (Å²) in [6.45, 7) is 2.39. The zero-order valence-corrected chi connectivity index (χ0v) is 10.6. The van der Waals surface area contributed by atoms with E-state index in [1.165, 1.54) is 24.8 Å². The first kappa shape index (κ1) is 11.6. The van der Waals surface area contributed by atoms with Crippen LogP contribution >= 0.6 is 0 Å². The van der Waals surface area contributed by atoms with Crippen molar-refractivity contribution in [3.63, 3.8) is 0 Å². The van der Waals surface area contributed by atoms with Crippen LogP contribution in [0, 0.1) is 11.8 Å². The van der Waals surface area contributed by atoms with Crippen LogP contribution in [-0.4, -0.2) is 22.9 Å². The fraction of sp³-hybridized carbons (Fsp3) is 0.769. The number of aromatic nitrogens is 2. The van der Waals surface area contributed by atoms with Crippen LogP contribution in [0.3, 0.4) is 0 Å². The maximum Gasteiger partial charge on any atom is 0.0521 e. The van der Waals surface area contributed by atoms with Crippen molar-refractivity contribution in [2.45, 2.75) is 38.6 Å². The van der Waals surface area contributed by atoms with Crippen molar-refractivity contribution in [1.82, 2.24) is 15.1 Å². The Balaban J connectivity index is 1.82. The first-order chi connectivity index (χ1) is 7.70. The maximum absolute atomic E-state index is 4.21. The normalized spacial score (nSPS) is 19.7. The quantitative estimate of drug-likeness (QED) is 0.796. The molecule has 1 heterocycles. The van der Waals surface area contributed by atoms with Gasteiger partial charge in [0.2, 0.25) is 0 Å². The van der Waals surface area contributed by atoms with Crippen LogP contribution < -0.4 is 5.32 Å². The minimum atomic E-state index is 0.660. The Hall–Kier alpha value is -0.830. The molecule has 1 aromatic rings. The number of aryl methyl sites for hydroxylation is 2. The lowest BCUT2D eigenvalue weighted by Gasteiger charge is -2.23. The highest BCUT2D eigenvalue weighted by molar-refractivity contribution is 5.04. The summed E-state index contributed by atoms with van der Waals surface area (Å²) in [5.41, 5.74) is 1.35. The molecule has 3 nitrogen and oxygen atoms in total. The molecule has 0 amide bonds. The molecule has 0 bridgehead atoms. The molecule has 0 radical (unpaired) electrons. The largest absolute Gasteiger partial charge is 0.317 e. The molecule has 1 fully saturated rings. The molecule has 0 aromatic carbocycles. The molecular formula is C13H23N3. The Morgan fingerprint density at radius 3 is 2.81 bits per heavy atom. The molecule has 90 valence electrons. The molecule has 2 atom stereocenters. The van der Waals surface area contributed by atoms with Crippen LogP contribution in [-0.2, 0) is 13.5 Å². The maximum atomic E-state index is 4.21. The summed E-state index contributed by atoms with van der Waals surface area (Å²) in [4.78, 5) is 0. The molecule has 1 aromatic heterocycles. The predicted molar refractivity (Wildman–Crippen MR) is 66.3 cm³/mol. The SMILES string of the molecule is CNC(CCc1cnn(C)c1)C(C)C1CC1. The molecule has 16 heavy (non-hydrogen) atoms. The summed E-state index contributed by atoms with van der Waals surface area (Å²) in [6.07, 6.45) is 9.33. The first-order valence-electron chi connectivity index (χ1n) is 6.35. The number of hydrogen-bond acceptors (Lipinski definition) is 2. The number of rotatable bonds is 6. The minimum Gasteiger partial charge on any atom is -0.317 e. The molecule has 1 aliphatic rings. The van der Waals surface area contributed by atoms with E-state index in [0.717, 1.165) is 18.3 Å². The topological polar surface area (TPSA) is 29.9 Å². The van der Waals surface area contributed by atoms with Crippen LogP contribution in [0.2, 0.25) is 0 Å². The van der Waals surface area contributed by atoms with Gasteiger partial charge in [-0.25, -0.2) is 0 Å². The van der Waals surface area contributed by atoms with Crippen molar-refractivity contribution in [3.8, 4) is 0 Å². The lowest BCUT2D eigenvalue weighted by Crippen LogP contribution is -2.33. The average molecular weight is 221 g/mol. The zero-order chi connectivity index (χ0) is 11.5. The van der Waals surface area contributed by atoms with Gasteiger partial charge in [0.05, 0.1) is 6.20 Å². The van der Waals surface area contributed by atoms with Crippen LogP contribution in [0.1, 0.15) is 31.7 Å². The van der Waals surface area contributed by atoms with Crippen LogP contribution in [0.25, 0.3) is 0 Å². The van der Waals surface area contributed by atoms with Gasteiger partial charge in [-0.1, -0.05) is 6.92 Å². The molecule has 0 spiro atoms. The minimum absolute atomic E-state index is 0.660. The Morgan fingerprint density at radius 2 is 2.31 bits per heavy atom. The number of hydrogen-bond donors (Lipinski definition) is 1. The standard InChI is InChI=1S/C13H23N3/c1-10(12-5-6-12)13(14-2)7-4-11-8-15-16(3)9-11/h8-10,12-14H,4-7H2,1-3H3. The highest BCUT2D eigenvalue weighted by Crippen LogP contribution is 2.38. The summed E-state index contributed by atoms with van der Waals surface area (Å²) in [5, 5.41) is 7.68. The van der Waals surface area contributed by atoms with Gasteiger partial charge in [-0.3, -0.25) is 4.68 Å². The van der Waals surface area contributed by atoms with Gasteiger partial charge in [-0.2, -0.15) is 5.10 Å². The average Bonchev–Trinajstić information content (AvgIpc) is 3.04. The second-order valence-corrected chi connectivity index (χ2v) is 5.15. The van der Waals surface area contributed by atoms with E-state index in [1.54, 1.807) is 0 Å². The van der Waals surface area contributed by atoms with E-state index in [0.29, 0.717) is 6.04 Å². The molecule has 1 N–H and O–H groups in total. The smallest absolute Gasteiger partial charge is 0.0521 e. The van der Waals surface area contributed by atoms with Gasteiger partial charge >= 0.3 is 0 Å². The lowest BCUT2D eigenvalue weighted by atomic mass is 9.92. The molecular weight excluding hydrogens is 198 g/mol. The van der Waals surface area contributed by atoms with E-state index in [4.69, 9.17) is 0 Å². The lowest BCUT2D eigenvalue weighted by molar-refractivity contribution is 0.342. The third-order valence-corrected chi connectivity index (χ3v) is 3.87. The van der Waals surface area contributed by atoms with Gasteiger partial charge in [0.25, 0.3) is 0 Å². The third kappa shape index (κ3) is 2.85. The molecule has 2 unspecified atom stereocenters. The Kier molecular flexibility index (Phi) is 3.64. The van der Waals surface area contributed by atoms with Crippen molar-refractivity contribution in [3.05, 3.63) is 18.0 Å². The van der Waals surface area contributed by atoms with Crippen LogP contribution in [0.4, 0.5) is 0 Å². The van der Waals surface area contributed by atoms with Crippen molar-refractivity contribution in [1.29, 1.82) is 0 Å². The summed E-state index contributed by atoms with van der Waals surface area (Å²) in [7, 11) is 4.07. The second-order valence-electron chi connectivity index (χ2n) is 5.15. The van der Waals surface area contributed by atoms with Gasteiger partial charge in [-0.15, -0.1) is 0 Å². The van der Waals surface area contributed by atoms with E-state index in [-0.39, 0.29) is 0 Å². The van der Waals surface area contributed by atoms with Crippen molar-refractivity contribution in [2.75, 3.05) is 7.05 Å². The monoisotopic (exact) mass is 221 g/mol. The predicted octanol–water partition coefficient (Wildman–Crippen LogP) is 1.99. The van der Waals surface area contributed by atoms with E-state index in [2.05, 4.69) is 30.6 Å². The number of nitrogens with zero attached hydrogens (tertiary/aromatic N) is 2. The van der Waals surface area contributed by atoms with E-state index >= 15 is 0 Å². The van der Waals surface area contributed by atoms with Crippen LogP contribution in [0.5, 0.6) is 0 Å². The number of nitrogens with one attached hydrogen (secondary N) is 1. The third-order valence-electron chi connectivity index (χ3n) is 3.87. The van der Waals surface area contributed by atoms with Gasteiger partial charge in [0, 0.05) is 19.3 Å². The fourth-order valence-electron chi connectivity index (χ4n) is 2.54. The summed E-state index contributed by atoms with van der Waals surface area (Å²) in [6, 6.07) is 0.660. The molecule has 0 aliphatic heterocycles. The van der Waals surface area contributed by atoms with Crippen molar-refractivity contribution < 1.29 is 0 Å². The Labute approximate surface area is 98.2 Å². The molecule has 1 saturated carbocycles. The van der Waals surface area contributed by atoms with Gasteiger partial charge in [-0.05, 0) is 50.1 Å². The molecule has 1 aliphatic carbocycles. The second kappa shape index (κ2) is 5.00. The van der Waals surface area contributed by atoms with E-state index < -0.39 is 0 Å². The Morgan fingerprint density at radius 1 is 1.56 bits per heavy atom. The highest BCUT2D eigenvalue weighted by Gasteiger charge is 2.32. The van der Waals surface area contributed by atoms with E-state index in [9.17, 15) is 0 Å². The summed E-state index contributed by atoms with van der Waals surface area (Å²) < 4.78 is 1.88. The van der Waals surface area contributed by atoms with Gasteiger partial charge < -0.3 is 5.32 Å². The van der Waals surface area contributed by atoms with Gasteiger partial charge in [0.1, 0.15) is 0 Å². The summed E-state index contributed by atoms with van der Waals surface area (Å²) in [5.74, 6) is 1.80. The molecule has 2 rings (SSSR count). The van der Waals surface area contributed by atoms with Crippen molar-refractivity contribution in [2.24, 2.45) is 18.9 Å². The first-order valence-corrected chi connectivity index (χ1v) is 6.35.